The predicted molar refractivity (Wildman–Crippen MR) is 109 cm³/mol. The molecule has 10 nitrogen and oxygen atoms in total. The lowest BCUT2D eigenvalue weighted by molar-refractivity contribution is 0.310. The van der Waals surface area contributed by atoms with Crippen molar-refractivity contribution in [2.45, 2.75) is 50.3 Å². The smallest absolute Gasteiger partial charge is 0.248 e. The Balaban J connectivity index is 1.37. The first-order chi connectivity index (χ1) is 14.4. The Labute approximate surface area is 174 Å². The van der Waals surface area contributed by atoms with Gasteiger partial charge in [-0.2, -0.15) is 8.82 Å². The third kappa shape index (κ3) is 3.16. The van der Waals surface area contributed by atoms with Gasteiger partial charge in [-0.15, -0.1) is 15.3 Å². The van der Waals surface area contributed by atoms with Crippen molar-refractivity contribution in [3.05, 3.63) is 29.4 Å². The molecule has 0 radical (unpaired) electrons. The van der Waals surface area contributed by atoms with E-state index >= 15 is 0 Å². The minimum absolute atomic E-state index is 0.109. The Bertz CT molecular complexity index is 1150. The number of hydrogen-bond acceptors (Lipinski definition) is 8. The Morgan fingerprint density at radius 3 is 2.43 bits per heavy atom. The Hall–Kier alpha value is -2.53. The second-order valence-electron chi connectivity index (χ2n) is 8.05. The average molecular weight is 432 g/mol. The largest absolute Gasteiger partial charge is 0.360 e. The fourth-order valence-corrected chi connectivity index (χ4v) is 6.25. The standard InChI is InChI=1S/C19H25N7O3S/c1-13-18(14(2)29-23-13)30(27,28)25-11-7-15(8-12-25)19-21-20-16-5-6-17(22-26(16)19)24-9-3-4-10-24/h5-6,15H,3-4,7-12H2,1-2H3. The van der Waals surface area contributed by atoms with Crippen LogP contribution < -0.4 is 4.90 Å². The third-order valence-corrected chi connectivity index (χ3v) is 8.23. The van der Waals surface area contributed by atoms with E-state index in [0.29, 0.717) is 37.4 Å². The van der Waals surface area contributed by atoms with E-state index in [9.17, 15) is 8.42 Å². The fraction of sp³-hybridized carbons (Fsp3) is 0.579. The van der Waals surface area contributed by atoms with Gasteiger partial charge in [0.25, 0.3) is 0 Å². The molecule has 2 fully saturated rings. The lowest BCUT2D eigenvalue weighted by Gasteiger charge is -2.30. The van der Waals surface area contributed by atoms with Crippen LogP contribution in [0.1, 0.15) is 48.9 Å². The molecule has 5 heterocycles. The maximum Gasteiger partial charge on any atom is 0.248 e. The molecule has 0 atom stereocenters. The van der Waals surface area contributed by atoms with Crippen LogP contribution in [0.25, 0.3) is 5.65 Å². The Morgan fingerprint density at radius 2 is 1.77 bits per heavy atom. The van der Waals surface area contributed by atoms with Crippen LogP contribution in [0.2, 0.25) is 0 Å². The van der Waals surface area contributed by atoms with E-state index in [1.165, 1.54) is 17.1 Å². The van der Waals surface area contributed by atoms with Crippen molar-refractivity contribution in [2.24, 2.45) is 0 Å². The van der Waals surface area contributed by atoms with Gasteiger partial charge in [-0.05, 0) is 51.7 Å². The molecule has 0 N–H and O–H groups in total. The molecule has 30 heavy (non-hydrogen) atoms. The number of anilines is 1. The van der Waals surface area contributed by atoms with Crippen molar-refractivity contribution in [1.82, 2.24) is 29.3 Å². The van der Waals surface area contributed by atoms with E-state index < -0.39 is 10.0 Å². The normalized spacial score (nSPS) is 19.2. The molecular formula is C19H25N7O3S. The summed E-state index contributed by atoms with van der Waals surface area (Å²) in [4.78, 5) is 2.47. The third-order valence-electron chi connectivity index (χ3n) is 6.09. The molecule has 2 aliphatic rings. The molecule has 3 aromatic heterocycles. The van der Waals surface area contributed by atoms with Gasteiger partial charge in [0.1, 0.15) is 16.4 Å². The fourth-order valence-electron chi connectivity index (χ4n) is 4.49. The van der Waals surface area contributed by atoms with Gasteiger partial charge in [-0.3, -0.25) is 0 Å². The molecule has 0 spiro atoms. The highest BCUT2D eigenvalue weighted by atomic mass is 32.2. The average Bonchev–Trinajstić information content (AvgIpc) is 3.48. The Morgan fingerprint density at radius 1 is 1.03 bits per heavy atom. The number of sulfonamides is 1. The summed E-state index contributed by atoms with van der Waals surface area (Å²) in [5, 5.41) is 17.2. The first-order valence-electron chi connectivity index (χ1n) is 10.4. The summed E-state index contributed by atoms with van der Waals surface area (Å²) in [5.74, 6) is 2.19. The highest BCUT2D eigenvalue weighted by Gasteiger charge is 2.35. The van der Waals surface area contributed by atoms with Gasteiger partial charge in [-0.25, -0.2) is 8.42 Å². The summed E-state index contributed by atoms with van der Waals surface area (Å²) < 4.78 is 34.5. The number of aromatic nitrogens is 5. The zero-order valence-electron chi connectivity index (χ0n) is 17.2. The summed E-state index contributed by atoms with van der Waals surface area (Å²) in [7, 11) is -3.62. The molecule has 2 saturated heterocycles. The van der Waals surface area contributed by atoms with Crippen LogP contribution in [0.4, 0.5) is 5.82 Å². The molecule has 160 valence electrons. The topological polar surface area (TPSA) is 110 Å². The zero-order chi connectivity index (χ0) is 20.9. The van der Waals surface area contributed by atoms with Crippen LogP contribution >= 0.6 is 0 Å². The monoisotopic (exact) mass is 431 g/mol. The van der Waals surface area contributed by atoms with Gasteiger partial charge in [0.2, 0.25) is 10.0 Å². The molecule has 11 heteroatoms. The van der Waals surface area contributed by atoms with Gasteiger partial charge in [0, 0.05) is 32.1 Å². The van der Waals surface area contributed by atoms with Gasteiger partial charge in [0.05, 0.1) is 0 Å². The molecular weight excluding hydrogens is 406 g/mol. The summed E-state index contributed by atoms with van der Waals surface area (Å²) in [5.41, 5.74) is 1.12. The van der Waals surface area contributed by atoms with Crippen LogP contribution in [0.3, 0.4) is 0 Å². The molecule has 0 amide bonds. The van der Waals surface area contributed by atoms with Crippen LogP contribution in [0, 0.1) is 13.8 Å². The van der Waals surface area contributed by atoms with E-state index in [4.69, 9.17) is 9.62 Å². The van der Waals surface area contributed by atoms with Crippen LogP contribution in [-0.4, -0.2) is 63.9 Å². The van der Waals surface area contributed by atoms with Gasteiger partial charge >= 0.3 is 0 Å². The van der Waals surface area contributed by atoms with E-state index in [0.717, 1.165) is 30.4 Å². The summed E-state index contributed by atoms with van der Waals surface area (Å²) in [6.07, 6.45) is 3.71. The second-order valence-corrected chi connectivity index (χ2v) is 9.92. The van der Waals surface area contributed by atoms with Crippen LogP contribution in [-0.2, 0) is 10.0 Å². The SMILES string of the molecule is Cc1noc(C)c1S(=O)(=O)N1CCC(c2nnc3ccc(N4CCCC4)nn23)CC1. The highest BCUT2D eigenvalue weighted by molar-refractivity contribution is 7.89. The van der Waals surface area contributed by atoms with E-state index in [1.54, 1.807) is 13.8 Å². The maximum atomic E-state index is 13.1. The van der Waals surface area contributed by atoms with Crippen molar-refractivity contribution in [3.63, 3.8) is 0 Å². The second kappa shape index (κ2) is 7.31. The van der Waals surface area contributed by atoms with Gasteiger partial charge in [-0.1, -0.05) is 5.16 Å². The molecule has 0 saturated carbocycles. The quantitative estimate of drug-likeness (QED) is 0.616. The number of nitrogens with zero attached hydrogens (tertiary/aromatic N) is 7. The minimum Gasteiger partial charge on any atom is -0.360 e. The number of fused-ring (bicyclic) bond motifs is 1. The molecule has 0 aromatic carbocycles. The Kier molecular flexibility index (Phi) is 4.73. The molecule has 3 aromatic rings. The summed E-state index contributed by atoms with van der Waals surface area (Å²) >= 11 is 0. The lowest BCUT2D eigenvalue weighted by atomic mass is 9.97. The van der Waals surface area contributed by atoms with Crippen LogP contribution in [0.5, 0.6) is 0 Å². The van der Waals surface area contributed by atoms with Crippen molar-refractivity contribution in [2.75, 3.05) is 31.1 Å². The van der Waals surface area contributed by atoms with E-state index in [2.05, 4.69) is 20.3 Å². The molecule has 5 rings (SSSR count). The predicted octanol–water partition coefficient (Wildman–Crippen LogP) is 1.90. The minimum atomic E-state index is -3.62. The van der Waals surface area contributed by atoms with Crippen LogP contribution in [0.15, 0.2) is 21.6 Å². The highest BCUT2D eigenvalue weighted by Crippen LogP contribution is 2.32. The molecule has 0 unspecified atom stereocenters. The van der Waals surface area contributed by atoms with E-state index in [1.807, 2.05) is 16.6 Å². The van der Waals surface area contributed by atoms with Gasteiger partial charge < -0.3 is 9.42 Å². The number of rotatable bonds is 4. The first-order valence-corrected chi connectivity index (χ1v) is 11.8. The van der Waals surface area contributed by atoms with Crippen molar-refractivity contribution >= 4 is 21.5 Å². The summed E-state index contributed by atoms with van der Waals surface area (Å²) in [6.45, 7) is 6.16. The van der Waals surface area contributed by atoms with E-state index in [-0.39, 0.29) is 10.8 Å². The summed E-state index contributed by atoms with van der Waals surface area (Å²) in [6, 6.07) is 3.95. The first kappa shape index (κ1) is 19.4. The lowest BCUT2D eigenvalue weighted by Crippen LogP contribution is -2.38. The number of aryl methyl sites for hydroxylation is 2. The number of piperidine rings is 1. The molecule has 2 aliphatic heterocycles. The number of hydrogen-bond donors (Lipinski definition) is 0. The van der Waals surface area contributed by atoms with Crippen molar-refractivity contribution < 1.29 is 12.9 Å². The van der Waals surface area contributed by atoms with Gasteiger partial charge in [0.15, 0.2) is 17.2 Å². The zero-order valence-corrected chi connectivity index (χ0v) is 18.0. The van der Waals surface area contributed by atoms with Crippen molar-refractivity contribution in [1.29, 1.82) is 0 Å². The maximum absolute atomic E-state index is 13.1. The molecule has 0 bridgehead atoms. The molecule has 0 aliphatic carbocycles. The van der Waals surface area contributed by atoms with Crippen molar-refractivity contribution in [3.8, 4) is 0 Å².